The van der Waals surface area contributed by atoms with Crippen LogP contribution in [0.25, 0.3) is 0 Å². The summed E-state index contributed by atoms with van der Waals surface area (Å²) in [6.07, 6.45) is 3.16. The van der Waals surface area contributed by atoms with Crippen molar-refractivity contribution < 1.29 is 4.79 Å². The Morgan fingerprint density at radius 3 is 3.00 bits per heavy atom. The molecule has 2 N–H and O–H groups in total. The molecule has 0 aliphatic heterocycles. The van der Waals surface area contributed by atoms with Gasteiger partial charge in [0.2, 0.25) is 0 Å². The monoisotopic (exact) mass is 276 g/mol. The predicted octanol–water partition coefficient (Wildman–Crippen LogP) is 0.0915. The number of aromatic amines is 1. The lowest BCUT2D eigenvalue weighted by molar-refractivity contribution is 0.0942. The van der Waals surface area contributed by atoms with Gasteiger partial charge in [-0.3, -0.25) is 14.7 Å². The van der Waals surface area contributed by atoms with Crippen LogP contribution in [0.15, 0.2) is 23.3 Å². The summed E-state index contributed by atoms with van der Waals surface area (Å²) in [5.41, 5.74) is 0.00505. The van der Waals surface area contributed by atoms with E-state index < -0.39 is 0 Å². The number of carbonyl (C=O) groups excluding carboxylic acids is 1. The molecule has 106 valence electrons. The summed E-state index contributed by atoms with van der Waals surface area (Å²) < 4.78 is 1.31. The van der Waals surface area contributed by atoms with Gasteiger partial charge in [0.05, 0.1) is 6.54 Å². The molecule has 0 unspecified atom stereocenters. The number of hydrogen-bond acceptors (Lipinski definition) is 5. The molecule has 1 amide bonds. The van der Waals surface area contributed by atoms with Gasteiger partial charge < -0.3 is 5.32 Å². The van der Waals surface area contributed by atoms with Crippen LogP contribution >= 0.6 is 0 Å². The van der Waals surface area contributed by atoms with Gasteiger partial charge in [-0.2, -0.15) is 10.2 Å². The molecule has 0 saturated heterocycles. The third-order valence-corrected chi connectivity index (χ3v) is 2.70. The molecule has 2 aromatic rings. The molecule has 2 heterocycles. The van der Waals surface area contributed by atoms with Gasteiger partial charge in [0.1, 0.15) is 17.8 Å². The van der Waals surface area contributed by atoms with Gasteiger partial charge in [0, 0.05) is 12.6 Å². The number of unbranched alkanes of at least 4 members (excludes halogenated alkanes) is 1. The van der Waals surface area contributed by atoms with Crippen molar-refractivity contribution in [3.8, 4) is 0 Å². The number of H-pyrrole nitrogens is 1. The topological polar surface area (TPSA) is 106 Å². The second-order valence-electron chi connectivity index (χ2n) is 4.25. The summed E-state index contributed by atoms with van der Waals surface area (Å²) in [6, 6.07) is 2.77. The van der Waals surface area contributed by atoms with E-state index >= 15 is 0 Å². The van der Waals surface area contributed by atoms with E-state index in [0.29, 0.717) is 12.4 Å². The first-order chi connectivity index (χ1) is 9.70. The van der Waals surface area contributed by atoms with E-state index in [4.69, 9.17) is 0 Å². The Kier molecular flexibility index (Phi) is 4.59. The smallest absolute Gasteiger partial charge is 0.272 e. The SMILES string of the molecule is CCCCn1nc(C(=O)NCc2ncn[nH]2)ccc1=O. The fourth-order valence-corrected chi connectivity index (χ4v) is 1.61. The first-order valence-corrected chi connectivity index (χ1v) is 6.41. The van der Waals surface area contributed by atoms with Gasteiger partial charge in [-0.05, 0) is 12.5 Å². The Labute approximate surface area is 115 Å². The molecular weight excluding hydrogens is 260 g/mol. The van der Waals surface area contributed by atoms with Crippen molar-refractivity contribution >= 4 is 5.91 Å². The molecule has 8 heteroatoms. The summed E-state index contributed by atoms with van der Waals surface area (Å²) >= 11 is 0. The zero-order chi connectivity index (χ0) is 14.4. The van der Waals surface area contributed by atoms with Crippen molar-refractivity contribution in [2.24, 2.45) is 0 Å². The maximum Gasteiger partial charge on any atom is 0.272 e. The Morgan fingerprint density at radius 1 is 1.45 bits per heavy atom. The number of nitrogens with one attached hydrogen (secondary N) is 2. The lowest BCUT2D eigenvalue weighted by Gasteiger charge is -2.06. The number of hydrogen-bond donors (Lipinski definition) is 2. The largest absolute Gasteiger partial charge is 0.343 e. The van der Waals surface area contributed by atoms with Crippen LogP contribution in [0.4, 0.5) is 0 Å². The summed E-state index contributed by atoms with van der Waals surface area (Å²) in [4.78, 5) is 27.4. The van der Waals surface area contributed by atoms with E-state index in [-0.39, 0.29) is 23.7 Å². The molecule has 0 aliphatic carbocycles. The van der Waals surface area contributed by atoms with Crippen molar-refractivity contribution in [1.29, 1.82) is 0 Å². The van der Waals surface area contributed by atoms with Gasteiger partial charge in [-0.25, -0.2) is 9.67 Å². The summed E-state index contributed by atoms with van der Waals surface area (Å²) in [6.45, 7) is 2.77. The van der Waals surface area contributed by atoms with Crippen molar-refractivity contribution in [3.63, 3.8) is 0 Å². The average Bonchev–Trinajstić information content (AvgIpc) is 2.97. The minimum atomic E-state index is -0.355. The zero-order valence-corrected chi connectivity index (χ0v) is 11.2. The Balaban J connectivity index is 2.03. The van der Waals surface area contributed by atoms with Crippen LogP contribution < -0.4 is 10.9 Å². The molecule has 0 fully saturated rings. The lowest BCUT2D eigenvalue weighted by atomic mass is 10.3. The molecule has 2 aromatic heterocycles. The highest BCUT2D eigenvalue weighted by Gasteiger charge is 2.09. The van der Waals surface area contributed by atoms with Crippen LogP contribution in [-0.2, 0) is 13.1 Å². The average molecular weight is 276 g/mol. The molecule has 0 aromatic carbocycles. The zero-order valence-electron chi connectivity index (χ0n) is 11.2. The number of carbonyl (C=O) groups is 1. The molecular formula is C12H16N6O2. The van der Waals surface area contributed by atoms with Gasteiger partial charge in [0.25, 0.3) is 11.5 Å². The highest BCUT2D eigenvalue weighted by molar-refractivity contribution is 5.91. The van der Waals surface area contributed by atoms with Crippen LogP contribution in [0.2, 0.25) is 0 Å². The van der Waals surface area contributed by atoms with Gasteiger partial charge >= 0.3 is 0 Å². The molecule has 2 rings (SSSR count). The summed E-state index contributed by atoms with van der Waals surface area (Å²) in [5, 5.41) is 13.0. The summed E-state index contributed by atoms with van der Waals surface area (Å²) in [5.74, 6) is 0.198. The highest BCUT2D eigenvalue weighted by Crippen LogP contribution is 1.95. The molecule has 0 spiro atoms. The van der Waals surface area contributed by atoms with E-state index in [9.17, 15) is 9.59 Å². The Bertz CT molecular complexity index is 619. The van der Waals surface area contributed by atoms with Crippen molar-refractivity contribution in [3.05, 3.63) is 40.3 Å². The van der Waals surface area contributed by atoms with E-state index in [2.05, 4.69) is 25.6 Å². The quantitative estimate of drug-likeness (QED) is 0.778. The van der Waals surface area contributed by atoms with Gasteiger partial charge in [-0.1, -0.05) is 13.3 Å². The summed E-state index contributed by atoms with van der Waals surface area (Å²) in [7, 11) is 0. The van der Waals surface area contributed by atoms with Crippen LogP contribution in [-0.4, -0.2) is 30.9 Å². The number of amides is 1. The van der Waals surface area contributed by atoms with Crippen LogP contribution in [0.3, 0.4) is 0 Å². The fraction of sp³-hybridized carbons (Fsp3) is 0.417. The standard InChI is InChI=1S/C12H16N6O2/c1-2-3-6-18-11(19)5-4-9(17-18)12(20)13-7-10-14-8-15-16-10/h4-5,8H,2-3,6-7H2,1H3,(H,13,20)(H,14,15,16). The predicted molar refractivity (Wildman–Crippen MR) is 71.0 cm³/mol. The van der Waals surface area contributed by atoms with E-state index in [0.717, 1.165) is 12.8 Å². The van der Waals surface area contributed by atoms with Crippen LogP contribution in [0.5, 0.6) is 0 Å². The van der Waals surface area contributed by atoms with Crippen molar-refractivity contribution in [2.45, 2.75) is 32.9 Å². The van der Waals surface area contributed by atoms with Gasteiger partial charge in [-0.15, -0.1) is 0 Å². The molecule has 0 radical (unpaired) electrons. The first kappa shape index (κ1) is 13.9. The van der Waals surface area contributed by atoms with Gasteiger partial charge in [0.15, 0.2) is 0 Å². The van der Waals surface area contributed by atoms with Crippen molar-refractivity contribution in [1.82, 2.24) is 30.3 Å². The lowest BCUT2D eigenvalue weighted by Crippen LogP contribution is -2.29. The minimum Gasteiger partial charge on any atom is -0.343 e. The third kappa shape index (κ3) is 3.50. The Morgan fingerprint density at radius 2 is 2.30 bits per heavy atom. The van der Waals surface area contributed by atoms with E-state index in [1.807, 2.05) is 6.92 Å². The maximum absolute atomic E-state index is 11.9. The fourth-order valence-electron chi connectivity index (χ4n) is 1.61. The van der Waals surface area contributed by atoms with Crippen LogP contribution in [0, 0.1) is 0 Å². The number of aryl methyl sites for hydroxylation is 1. The number of rotatable bonds is 6. The minimum absolute atomic E-state index is 0.203. The first-order valence-electron chi connectivity index (χ1n) is 6.41. The second-order valence-corrected chi connectivity index (χ2v) is 4.25. The maximum atomic E-state index is 11.9. The Hall–Kier alpha value is -2.51. The highest BCUT2D eigenvalue weighted by atomic mass is 16.2. The number of nitrogens with zero attached hydrogens (tertiary/aromatic N) is 4. The number of aromatic nitrogens is 5. The molecule has 0 bridgehead atoms. The van der Waals surface area contributed by atoms with E-state index in [1.165, 1.54) is 23.1 Å². The van der Waals surface area contributed by atoms with E-state index in [1.54, 1.807) is 0 Å². The van der Waals surface area contributed by atoms with Crippen molar-refractivity contribution in [2.75, 3.05) is 0 Å². The molecule has 0 aliphatic rings. The molecule has 20 heavy (non-hydrogen) atoms. The molecule has 0 saturated carbocycles. The molecule has 8 nitrogen and oxygen atoms in total. The normalized spacial score (nSPS) is 10.4. The molecule has 0 atom stereocenters. The van der Waals surface area contributed by atoms with Crippen LogP contribution in [0.1, 0.15) is 36.1 Å². The third-order valence-electron chi connectivity index (χ3n) is 2.70. The second kappa shape index (κ2) is 6.60.